The Bertz CT molecular complexity index is 524. The molecule has 0 saturated heterocycles. The van der Waals surface area contributed by atoms with Gasteiger partial charge in [-0.25, -0.2) is 0 Å². The van der Waals surface area contributed by atoms with Crippen LogP contribution in [0.5, 0.6) is 0 Å². The van der Waals surface area contributed by atoms with Gasteiger partial charge in [0.1, 0.15) is 5.54 Å². The summed E-state index contributed by atoms with van der Waals surface area (Å²) in [5, 5.41) is 7.90. The van der Waals surface area contributed by atoms with Crippen LogP contribution in [0.3, 0.4) is 0 Å². The molecule has 2 rings (SSSR count). The number of hydrogen-bond acceptors (Lipinski definition) is 4. The topological polar surface area (TPSA) is 56.1 Å². The normalized spacial score (nSPS) is 25.9. The van der Waals surface area contributed by atoms with Crippen LogP contribution in [0.4, 0.5) is 0 Å². The van der Waals surface area contributed by atoms with Crippen molar-refractivity contribution < 1.29 is 9.53 Å². The van der Waals surface area contributed by atoms with E-state index in [-0.39, 0.29) is 12.0 Å². The van der Waals surface area contributed by atoms with Gasteiger partial charge < -0.3 is 10.1 Å². The van der Waals surface area contributed by atoms with E-state index in [1.54, 1.807) is 0 Å². The van der Waals surface area contributed by atoms with Crippen molar-refractivity contribution in [3.8, 4) is 0 Å². The summed E-state index contributed by atoms with van der Waals surface area (Å²) >= 11 is 0. The molecular weight excluding hydrogens is 266 g/mol. The van der Waals surface area contributed by atoms with Gasteiger partial charge in [-0.2, -0.15) is 5.10 Å². The van der Waals surface area contributed by atoms with Crippen LogP contribution >= 0.6 is 0 Å². The molecule has 1 fully saturated rings. The Morgan fingerprint density at radius 2 is 2.19 bits per heavy atom. The van der Waals surface area contributed by atoms with E-state index in [0.717, 1.165) is 31.4 Å². The van der Waals surface area contributed by atoms with Gasteiger partial charge in [0, 0.05) is 5.69 Å². The number of aryl methyl sites for hydroxylation is 1. The molecule has 0 aliphatic heterocycles. The summed E-state index contributed by atoms with van der Waals surface area (Å²) in [5.41, 5.74) is 2.95. The Balaban J connectivity index is 2.27. The van der Waals surface area contributed by atoms with Crippen molar-refractivity contribution in [1.82, 2.24) is 15.1 Å². The van der Waals surface area contributed by atoms with E-state index in [9.17, 15) is 4.79 Å². The zero-order valence-electron chi connectivity index (χ0n) is 13.8. The minimum absolute atomic E-state index is 0.129. The Morgan fingerprint density at radius 1 is 1.48 bits per heavy atom. The van der Waals surface area contributed by atoms with Crippen LogP contribution in [0.2, 0.25) is 0 Å². The number of ether oxygens (including phenoxy) is 1. The quantitative estimate of drug-likeness (QED) is 0.866. The van der Waals surface area contributed by atoms with Gasteiger partial charge >= 0.3 is 5.97 Å². The molecule has 1 saturated carbocycles. The number of rotatable bonds is 4. The van der Waals surface area contributed by atoms with E-state index in [2.05, 4.69) is 28.9 Å². The number of esters is 1. The van der Waals surface area contributed by atoms with E-state index >= 15 is 0 Å². The average Bonchev–Trinajstić information content (AvgIpc) is 2.75. The standard InChI is InChI=1S/C16H27N3O2/c1-6-21-15(20)16(17-5)9-7-8-14(10-16)19-13(4)11(2)12(3)18-19/h14,17H,6-10H2,1-5H3. The second-order valence-corrected chi connectivity index (χ2v) is 6.04. The molecule has 1 heterocycles. The third kappa shape index (κ3) is 2.84. The predicted molar refractivity (Wildman–Crippen MR) is 82.4 cm³/mol. The van der Waals surface area contributed by atoms with Gasteiger partial charge in [-0.15, -0.1) is 0 Å². The molecule has 0 amide bonds. The first kappa shape index (κ1) is 16.0. The molecular formula is C16H27N3O2. The highest BCUT2D eigenvalue weighted by atomic mass is 16.5. The lowest BCUT2D eigenvalue weighted by molar-refractivity contribution is -0.153. The maximum absolute atomic E-state index is 12.4. The summed E-state index contributed by atoms with van der Waals surface area (Å²) in [6, 6.07) is 0.253. The first-order valence-corrected chi connectivity index (χ1v) is 7.83. The summed E-state index contributed by atoms with van der Waals surface area (Å²) in [7, 11) is 1.85. The van der Waals surface area contributed by atoms with Crippen LogP contribution in [0, 0.1) is 20.8 Å². The van der Waals surface area contributed by atoms with Crippen LogP contribution in [0.25, 0.3) is 0 Å². The van der Waals surface area contributed by atoms with Crippen LogP contribution < -0.4 is 5.32 Å². The van der Waals surface area contributed by atoms with Crippen LogP contribution in [0.1, 0.15) is 55.6 Å². The minimum atomic E-state index is -0.570. The molecule has 5 heteroatoms. The smallest absolute Gasteiger partial charge is 0.326 e. The molecule has 1 aromatic heterocycles. The molecule has 1 aromatic rings. The fraction of sp³-hybridized carbons (Fsp3) is 0.750. The van der Waals surface area contributed by atoms with E-state index < -0.39 is 5.54 Å². The van der Waals surface area contributed by atoms with Gasteiger partial charge in [0.25, 0.3) is 0 Å². The number of nitrogens with zero attached hydrogens (tertiary/aromatic N) is 2. The molecule has 0 spiro atoms. The summed E-state index contributed by atoms with van der Waals surface area (Å²) in [6.45, 7) is 8.53. The fourth-order valence-electron chi connectivity index (χ4n) is 3.34. The lowest BCUT2D eigenvalue weighted by atomic mass is 9.79. The monoisotopic (exact) mass is 293 g/mol. The SMILES string of the molecule is CCOC(=O)C1(NC)CCCC(n2nc(C)c(C)c2C)C1. The van der Waals surface area contributed by atoms with Gasteiger partial charge in [0.15, 0.2) is 0 Å². The van der Waals surface area contributed by atoms with Crippen molar-refractivity contribution in [2.45, 2.75) is 65.0 Å². The number of hydrogen-bond donors (Lipinski definition) is 1. The lowest BCUT2D eigenvalue weighted by Gasteiger charge is -2.39. The van der Waals surface area contributed by atoms with Crippen molar-refractivity contribution >= 4 is 5.97 Å². The average molecular weight is 293 g/mol. The summed E-state index contributed by atoms with van der Waals surface area (Å²) in [6.07, 6.45) is 3.63. The second-order valence-electron chi connectivity index (χ2n) is 6.04. The predicted octanol–water partition coefficient (Wildman–Crippen LogP) is 2.44. The van der Waals surface area contributed by atoms with Gasteiger partial charge in [-0.05, 0) is 66.0 Å². The number of carbonyl (C=O) groups excluding carboxylic acids is 1. The first-order valence-electron chi connectivity index (χ1n) is 7.83. The second kappa shape index (κ2) is 6.18. The van der Waals surface area contributed by atoms with Gasteiger partial charge in [-0.1, -0.05) is 0 Å². The minimum Gasteiger partial charge on any atom is -0.465 e. The van der Waals surface area contributed by atoms with Gasteiger partial charge in [-0.3, -0.25) is 9.48 Å². The van der Waals surface area contributed by atoms with Gasteiger partial charge in [0.05, 0.1) is 18.3 Å². The summed E-state index contributed by atoms with van der Waals surface area (Å²) in [4.78, 5) is 12.4. The largest absolute Gasteiger partial charge is 0.465 e. The van der Waals surface area contributed by atoms with Crippen molar-refractivity contribution in [3.05, 3.63) is 17.0 Å². The van der Waals surface area contributed by atoms with E-state index in [1.165, 1.54) is 11.3 Å². The molecule has 21 heavy (non-hydrogen) atoms. The molecule has 1 aliphatic carbocycles. The summed E-state index contributed by atoms with van der Waals surface area (Å²) in [5.74, 6) is -0.129. The molecule has 0 bridgehead atoms. The molecule has 1 aliphatic rings. The molecule has 2 atom stereocenters. The lowest BCUT2D eigenvalue weighted by Crippen LogP contribution is -2.54. The Kier molecular flexibility index (Phi) is 4.71. The highest BCUT2D eigenvalue weighted by Gasteiger charge is 2.43. The third-order valence-corrected chi connectivity index (χ3v) is 4.90. The van der Waals surface area contributed by atoms with E-state index in [0.29, 0.717) is 6.61 Å². The number of likely N-dealkylation sites (N-methyl/N-ethyl adjacent to an activating group) is 1. The Hall–Kier alpha value is -1.36. The van der Waals surface area contributed by atoms with Crippen molar-refractivity contribution in [1.29, 1.82) is 0 Å². The fourth-order valence-corrected chi connectivity index (χ4v) is 3.34. The van der Waals surface area contributed by atoms with Crippen LogP contribution in [-0.4, -0.2) is 34.9 Å². The maximum atomic E-state index is 12.4. The highest BCUT2D eigenvalue weighted by molar-refractivity contribution is 5.81. The maximum Gasteiger partial charge on any atom is 0.326 e. The van der Waals surface area contributed by atoms with Crippen molar-refractivity contribution in [2.24, 2.45) is 0 Å². The number of nitrogens with one attached hydrogen (secondary N) is 1. The molecule has 0 aromatic carbocycles. The molecule has 118 valence electrons. The van der Waals surface area contributed by atoms with Crippen molar-refractivity contribution in [3.63, 3.8) is 0 Å². The zero-order valence-corrected chi connectivity index (χ0v) is 13.8. The molecule has 0 radical (unpaired) electrons. The number of aromatic nitrogens is 2. The highest BCUT2D eigenvalue weighted by Crippen LogP contribution is 2.37. The Morgan fingerprint density at radius 3 is 2.71 bits per heavy atom. The van der Waals surface area contributed by atoms with E-state index in [1.807, 2.05) is 20.9 Å². The third-order valence-electron chi connectivity index (χ3n) is 4.90. The Labute approximate surface area is 127 Å². The van der Waals surface area contributed by atoms with E-state index in [4.69, 9.17) is 4.74 Å². The molecule has 5 nitrogen and oxygen atoms in total. The molecule has 2 unspecified atom stereocenters. The van der Waals surface area contributed by atoms with Crippen molar-refractivity contribution in [2.75, 3.05) is 13.7 Å². The van der Waals surface area contributed by atoms with Crippen LogP contribution in [0.15, 0.2) is 0 Å². The zero-order chi connectivity index (χ0) is 15.6. The van der Waals surface area contributed by atoms with Gasteiger partial charge in [0.2, 0.25) is 0 Å². The molecule has 1 N–H and O–H groups in total. The summed E-state index contributed by atoms with van der Waals surface area (Å²) < 4.78 is 7.39. The number of carbonyl (C=O) groups is 1. The first-order chi connectivity index (χ1) is 9.95. The van der Waals surface area contributed by atoms with Crippen LogP contribution in [-0.2, 0) is 9.53 Å².